The van der Waals surface area contributed by atoms with Gasteiger partial charge in [0.1, 0.15) is 6.54 Å². The molecule has 1 aliphatic rings. The summed E-state index contributed by atoms with van der Waals surface area (Å²) in [6, 6.07) is 15.0. The lowest BCUT2D eigenvalue weighted by Gasteiger charge is -2.20. The highest BCUT2D eigenvalue weighted by molar-refractivity contribution is 5.94. The SMILES string of the molecule is Cl.NCC1CCN(C(=O)Cn2c3ccccc3c(=O)c3ccccc32)C1. The molecule has 0 bridgehead atoms. The molecular formula is C20H22ClN3O2. The molecule has 1 atom stereocenters. The number of benzene rings is 2. The van der Waals surface area contributed by atoms with Crippen molar-refractivity contribution in [2.75, 3.05) is 19.6 Å². The first-order valence-electron chi connectivity index (χ1n) is 8.67. The number of para-hydroxylation sites is 2. The first kappa shape index (κ1) is 18.4. The molecule has 1 fully saturated rings. The van der Waals surface area contributed by atoms with Gasteiger partial charge >= 0.3 is 0 Å². The average molecular weight is 372 g/mol. The van der Waals surface area contributed by atoms with Crippen LogP contribution in [0, 0.1) is 5.92 Å². The van der Waals surface area contributed by atoms with E-state index in [1.807, 2.05) is 58.0 Å². The molecule has 1 aliphatic heterocycles. The normalized spacial score (nSPS) is 16.8. The van der Waals surface area contributed by atoms with Gasteiger partial charge in [0, 0.05) is 23.9 Å². The van der Waals surface area contributed by atoms with Crippen LogP contribution in [0.3, 0.4) is 0 Å². The molecule has 136 valence electrons. The van der Waals surface area contributed by atoms with Crippen molar-refractivity contribution in [1.82, 2.24) is 9.47 Å². The topological polar surface area (TPSA) is 68.3 Å². The van der Waals surface area contributed by atoms with E-state index in [-0.39, 0.29) is 30.3 Å². The Hall–Kier alpha value is -2.37. The van der Waals surface area contributed by atoms with Crippen molar-refractivity contribution < 1.29 is 4.79 Å². The second-order valence-electron chi connectivity index (χ2n) is 6.68. The Morgan fingerprint density at radius 2 is 1.62 bits per heavy atom. The van der Waals surface area contributed by atoms with Gasteiger partial charge < -0.3 is 15.2 Å². The summed E-state index contributed by atoms with van der Waals surface area (Å²) in [5, 5.41) is 1.30. The third kappa shape index (κ3) is 3.08. The van der Waals surface area contributed by atoms with E-state index in [9.17, 15) is 9.59 Å². The minimum Gasteiger partial charge on any atom is -0.341 e. The van der Waals surface area contributed by atoms with Gasteiger partial charge in [0.15, 0.2) is 5.43 Å². The lowest BCUT2D eigenvalue weighted by molar-refractivity contribution is -0.130. The van der Waals surface area contributed by atoms with Crippen LogP contribution < -0.4 is 11.2 Å². The summed E-state index contributed by atoms with van der Waals surface area (Å²) in [6.45, 7) is 2.34. The maximum absolute atomic E-state index is 12.8. The van der Waals surface area contributed by atoms with E-state index in [1.165, 1.54) is 0 Å². The van der Waals surface area contributed by atoms with E-state index in [0.717, 1.165) is 30.5 Å². The summed E-state index contributed by atoms with van der Waals surface area (Å²) in [4.78, 5) is 27.5. The molecule has 1 amide bonds. The molecule has 0 spiro atoms. The second-order valence-corrected chi connectivity index (χ2v) is 6.68. The minimum atomic E-state index is 0. The Balaban J connectivity index is 0.00000196. The highest BCUT2D eigenvalue weighted by atomic mass is 35.5. The summed E-state index contributed by atoms with van der Waals surface area (Å²) in [7, 11) is 0. The first-order valence-corrected chi connectivity index (χ1v) is 8.67. The predicted molar refractivity (Wildman–Crippen MR) is 107 cm³/mol. The number of nitrogens with zero attached hydrogens (tertiary/aromatic N) is 2. The fourth-order valence-electron chi connectivity index (χ4n) is 3.73. The lowest BCUT2D eigenvalue weighted by Crippen LogP contribution is -2.33. The molecule has 0 radical (unpaired) electrons. The van der Waals surface area contributed by atoms with Gasteiger partial charge in [-0.2, -0.15) is 0 Å². The second kappa shape index (κ2) is 7.48. The van der Waals surface area contributed by atoms with Crippen LogP contribution in [0.1, 0.15) is 6.42 Å². The van der Waals surface area contributed by atoms with E-state index >= 15 is 0 Å². The third-order valence-electron chi connectivity index (χ3n) is 5.14. The minimum absolute atomic E-state index is 0. The zero-order chi connectivity index (χ0) is 17.4. The number of hydrogen-bond donors (Lipinski definition) is 1. The van der Waals surface area contributed by atoms with E-state index in [4.69, 9.17) is 5.73 Å². The lowest BCUT2D eigenvalue weighted by atomic mass is 10.1. The predicted octanol–water partition coefficient (Wildman–Crippen LogP) is 2.38. The molecule has 1 aromatic heterocycles. The van der Waals surface area contributed by atoms with Gasteiger partial charge in [0.25, 0.3) is 0 Å². The Morgan fingerprint density at radius 1 is 1.04 bits per heavy atom. The number of rotatable bonds is 3. The van der Waals surface area contributed by atoms with Gasteiger partial charge in [-0.3, -0.25) is 9.59 Å². The van der Waals surface area contributed by atoms with Crippen molar-refractivity contribution in [1.29, 1.82) is 0 Å². The number of likely N-dealkylation sites (tertiary alicyclic amines) is 1. The fourth-order valence-corrected chi connectivity index (χ4v) is 3.73. The molecule has 1 saturated heterocycles. The van der Waals surface area contributed by atoms with Crippen molar-refractivity contribution in [2.24, 2.45) is 11.7 Å². The van der Waals surface area contributed by atoms with Crippen LogP contribution in [-0.2, 0) is 11.3 Å². The van der Waals surface area contributed by atoms with Gasteiger partial charge in [0.2, 0.25) is 5.91 Å². The van der Waals surface area contributed by atoms with Crippen LogP contribution in [0.25, 0.3) is 21.8 Å². The molecule has 2 aromatic carbocycles. The van der Waals surface area contributed by atoms with Crippen molar-refractivity contribution in [2.45, 2.75) is 13.0 Å². The van der Waals surface area contributed by atoms with Crippen molar-refractivity contribution in [3.63, 3.8) is 0 Å². The van der Waals surface area contributed by atoms with Crippen LogP contribution in [0.2, 0.25) is 0 Å². The molecule has 0 saturated carbocycles. The van der Waals surface area contributed by atoms with E-state index in [0.29, 0.717) is 23.2 Å². The van der Waals surface area contributed by atoms with Crippen LogP contribution in [0.5, 0.6) is 0 Å². The number of carbonyl (C=O) groups is 1. The Kier molecular flexibility index (Phi) is 5.30. The monoisotopic (exact) mass is 371 g/mol. The number of fused-ring (bicyclic) bond motifs is 2. The maximum atomic E-state index is 12.8. The zero-order valence-corrected chi connectivity index (χ0v) is 15.2. The van der Waals surface area contributed by atoms with Crippen LogP contribution in [0.4, 0.5) is 0 Å². The van der Waals surface area contributed by atoms with Gasteiger partial charge in [0.05, 0.1) is 11.0 Å². The third-order valence-corrected chi connectivity index (χ3v) is 5.14. The Morgan fingerprint density at radius 3 is 2.15 bits per heavy atom. The number of pyridine rings is 1. The number of nitrogens with two attached hydrogens (primary N) is 1. The van der Waals surface area contributed by atoms with Crippen molar-refractivity contribution in [3.8, 4) is 0 Å². The molecule has 2 heterocycles. The van der Waals surface area contributed by atoms with Crippen LogP contribution in [-0.4, -0.2) is 35.0 Å². The maximum Gasteiger partial charge on any atom is 0.242 e. The summed E-state index contributed by atoms with van der Waals surface area (Å²) in [5.41, 5.74) is 7.35. The number of halogens is 1. The molecule has 5 nitrogen and oxygen atoms in total. The van der Waals surface area contributed by atoms with Gasteiger partial charge in [-0.15, -0.1) is 12.4 Å². The summed E-state index contributed by atoms with van der Waals surface area (Å²) < 4.78 is 1.96. The van der Waals surface area contributed by atoms with Crippen molar-refractivity contribution >= 4 is 40.1 Å². The quantitative estimate of drug-likeness (QED) is 0.719. The summed E-state index contributed by atoms with van der Waals surface area (Å²) >= 11 is 0. The van der Waals surface area contributed by atoms with Gasteiger partial charge in [-0.05, 0) is 43.1 Å². The number of amides is 1. The standard InChI is InChI=1S/C20H21N3O2.ClH/c21-11-14-9-10-22(12-14)19(24)13-23-17-7-3-1-5-15(17)20(25)16-6-2-4-8-18(16)23;/h1-8,14H,9-13,21H2;1H. The molecule has 6 heteroatoms. The smallest absolute Gasteiger partial charge is 0.242 e. The highest BCUT2D eigenvalue weighted by Crippen LogP contribution is 2.21. The number of hydrogen-bond acceptors (Lipinski definition) is 3. The molecule has 3 aromatic rings. The van der Waals surface area contributed by atoms with E-state index < -0.39 is 0 Å². The summed E-state index contributed by atoms with van der Waals surface area (Å²) in [5.74, 6) is 0.473. The average Bonchev–Trinajstić information content (AvgIpc) is 3.14. The molecule has 2 N–H and O–H groups in total. The first-order chi connectivity index (χ1) is 12.2. The molecule has 26 heavy (non-hydrogen) atoms. The molecule has 1 unspecified atom stereocenters. The van der Waals surface area contributed by atoms with E-state index in [2.05, 4.69) is 0 Å². The Bertz CT molecular complexity index is 955. The Labute approximate surface area is 157 Å². The molecular weight excluding hydrogens is 350 g/mol. The molecule has 0 aliphatic carbocycles. The van der Waals surface area contributed by atoms with Crippen LogP contribution >= 0.6 is 12.4 Å². The number of aromatic nitrogens is 1. The van der Waals surface area contributed by atoms with Gasteiger partial charge in [-0.25, -0.2) is 0 Å². The largest absolute Gasteiger partial charge is 0.341 e. The van der Waals surface area contributed by atoms with Crippen LogP contribution in [0.15, 0.2) is 53.3 Å². The highest BCUT2D eigenvalue weighted by Gasteiger charge is 2.25. The fraction of sp³-hybridized carbons (Fsp3) is 0.300. The van der Waals surface area contributed by atoms with E-state index in [1.54, 1.807) is 0 Å². The zero-order valence-electron chi connectivity index (χ0n) is 14.4. The number of carbonyl (C=O) groups excluding carboxylic acids is 1. The summed E-state index contributed by atoms with van der Waals surface area (Å²) in [6.07, 6.45) is 0.966. The van der Waals surface area contributed by atoms with Gasteiger partial charge in [-0.1, -0.05) is 24.3 Å². The molecule has 4 rings (SSSR count). The van der Waals surface area contributed by atoms with Crippen molar-refractivity contribution in [3.05, 3.63) is 58.8 Å².